The predicted octanol–water partition coefficient (Wildman–Crippen LogP) is -0.563. The molecule has 1 rings (SSSR count). The molecule has 80 valence electrons. The maximum atomic E-state index is 11.4. The lowest BCUT2D eigenvalue weighted by Gasteiger charge is -2.04. The lowest BCUT2D eigenvalue weighted by Crippen LogP contribution is -2.34. The standard InChI is InChI=1S/C9H12BNO4/c1-15-8-4-2-7(3-5-8)9(12)11-6-10(13)14/h2-5,13-14H,6H2,1H3,(H,11,12). The van der Waals surface area contributed by atoms with E-state index in [0.717, 1.165) is 0 Å². The molecule has 5 nitrogen and oxygen atoms in total. The molecule has 0 spiro atoms. The smallest absolute Gasteiger partial charge is 0.472 e. The Labute approximate surface area is 87.8 Å². The van der Waals surface area contributed by atoms with Crippen LogP contribution in [0.15, 0.2) is 24.3 Å². The number of hydrogen-bond acceptors (Lipinski definition) is 4. The number of hydrogen-bond donors (Lipinski definition) is 3. The van der Waals surface area contributed by atoms with E-state index in [1.807, 2.05) is 0 Å². The van der Waals surface area contributed by atoms with Crippen molar-refractivity contribution in [2.75, 3.05) is 13.6 Å². The van der Waals surface area contributed by atoms with Crippen LogP contribution in [0.4, 0.5) is 0 Å². The van der Waals surface area contributed by atoms with Crippen molar-refractivity contribution >= 4 is 13.0 Å². The van der Waals surface area contributed by atoms with E-state index >= 15 is 0 Å². The zero-order valence-electron chi connectivity index (χ0n) is 8.30. The van der Waals surface area contributed by atoms with E-state index in [0.29, 0.717) is 11.3 Å². The number of carbonyl (C=O) groups is 1. The summed E-state index contributed by atoms with van der Waals surface area (Å²) in [4.78, 5) is 11.4. The first kappa shape index (κ1) is 11.5. The van der Waals surface area contributed by atoms with Gasteiger partial charge in [0, 0.05) is 5.56 Å². The molecular weight excluding hydrogens is 197 g/mol. The molecule has 3 N–H and O–H groups in total. The quantitative estimate of drug-likeness (QED) is 0.580. The number of methoxy groups -OCH3 is 1. The average Bonchev–Trinajstić information content (AvgIpc) is 2.26. The van der Waals surface area contributed by atoms with E-state index < -0.39 is 7.12 Å². The molecule has 0 radical (unpaired) electrons. The summed E-state index contributed by atoms with van der Waals surface area (Å²) in [6.45, 7) is 0. The molecule has 1 amide bonds. The van der Waals surface area contributed by atoms with Crippen molar-refractivity contribution in [1.29, 1.82) is 0 Å². The average molecular weight is 209 g/mol. The summed E-state index contributed by atoms with van der Waals surface area (Å²) in [5.74, 6) is 0.305. The van der Waals surface area contributed by atoms with Gasteiger partial charge in [-0.15, -0.1) is 0 Å². The van der Waals surface area contributed by atoms with E-state index in [1.54, 1.807) is 24.3 Å². The van der Waals surface area contributed by atoms with Crippen LogP contribution in [0.5, 0.6) is 5.75 Å². The van der Waals surface area contributed by atoms with Gasteiger partial charge in [0.2, 0.25) is 0 Å². The summed E-state index contributed by atoms with van der Waals surface area (Å²) in [6, 6.07) is 6.50. The van der Waals surface area contributed by atoms with Gasteiger partial charge in [-0.25, -0.2) is 0 Å². The highest BCUT2D eigenvalue weighted by Crippen LogP contribution is 2.10. The fourth-order valence-corrected chi connectivity index (χ4v) is 1.03. The summed E-state index contributed by atoms with van der Waals surface area (Å²) < 4.78 is 4.94. The Kier molecular flexibility index (Phi) is 4.14. The number of carbonyl (C=O) groups excluding carboxylic acids is 1. The first-order valence-corrected chi connectivity index (χ1v) is 4.42. The minimum atomic E-state index is -1.54. The summed E-state index contributed by atoms with van der Waals surface area (Å²) in [7, 11) is 0.00388. The number of amides is 1. The van der Waals surface area contributed by atoms with Gasteiger partial charge in [-0.05, 0) is 24.3 Å². The van der Waals surface area contributed by atoms with E-state index in [2.05, 4.69) is 5.32 Å². The second-order valence-corrected chi connectivity index (χ2v) is 2.92. The first-order chi connectivity index (χ1) is 7.13. The third-order valence-corrected chi connectivity index (χ3v) is 1.80. The summed E-state index contributed by atoms with van der Waals surface area (Å²) in [5.41, 5.74) is 0.441. The molecular formula is C9H12BNO4. The zero-order chi connectivity index (χ0) is 11.3. The molecule has 0 unspecified atom stereocenters. The molecule has 0 aliphatic heterocycles. The SMILES string of the molecule is COc1ccc(C(=O)NCB(O)O)cc1. The van der Waals surface area contributed by atoms with Gasteiger partial charge in [0.1, 0.15) is 5.75 Å². The van der Waals surface area contributed by atoms with Crippen molar-refractivity contribution in [2.24, 2.45) is 0 Å². The maximum absolute atomic E-state index is 11.4. The molecule has 0 aliphatic rings. The molecule has 6 heteroatoms. The molecule has 0 aliphatic carbocycles. The molecule has 1 aromatic carbocycles. The monoisotopic (exact) mass is 209 g/mol. The second-order valence-electron chi connectivity index (χ2n) is 2.92. The fourth-order valence-electron chi connectivity index (χ4n) is 1.03. The highest BCUT2D eigenvalue weighted by Gasteiger charge is 2.10. The normalized spacial score (nSPS) is 9.53. The lowest BCUT2D eigenvalue weighted by atomic mass is 9.92. The molecule has 0 atom stereocenters. The van der Waals surface area contributed by atoms with Gasteiger partial charge >= 0.3 is 7.12 Å². The van der Waals surface area contributed by atoms with Crippen LogP contribution in [0.25, 0.3) is 0 Å². The molecule has 0 bridgehead atoms. The molecule has 0 heterocycles. The van der Waals surface area contributed by atoms with Crippen molar-refractivity contribution < 1.29 is 19.6 Å². The van der Waals surface area contributed by atoms with Crippen molar-refractivity contribution in [1.82, 2.24) is 5.32 Å². The molecule has 0 aromatic heterocycles. The molecule has 0 saturated heterocycles. The van der Waals surface area contributed by atoms with Crippen LogP contribution in [-0.2, 0) is 0 Å². The Hall–Kier alpha value is -1.53. The van der Waals surface area contributed by atoms with Gasteiger partial charge in [-0.3, -0.25) is 4.79 Å². The van der Waals surface area contributed by atoms with Gasteiger partial charge in [0.05, 0.1) is 13.6 Å². The summed E-state index contributed by atoms with van der Waals surface area (Å²) >= 11 is 0. The molecule has 15 heavy (non-hydrogen) atoms. The van der Waals surface area contributed by atoms with E-state index in [1.165, 1.54) is 7.11 Å². The van der Waals surface area contributed by atoms with E-state index in [-0.39, 0.29) is 12.4 Å². The zero-order valence-corrected chi connectivity index (χ0v) is 8.30. The first-order valence-electron chi connectivity index (χ1n) is 4.42. The Morgan fingerprint density at radius 2 is 2.00 bits per heavy atom. The second kappa shape index (κ2) is 5.38. The number of benzene rings is 1. The Morgan fingerprint density at radius 1 is 1.40 bits per heavy atom. The number of ether oxygens (including phenoxy) is 1. The fraction of sp³-hybridized carbons (Fsp3) is 0.222. The van der Waals surface area contributed by atoms with Crippen molar-refractivity contribution in [3.8, 4) is 5.75 Å². The Balaban J connectivity index is 2.58. The van der Waals surface area contributed by atoms with Crippen LogP contribution in [0.1, 0.15) is 10.4 Å². The van der Waals surface area contributed by atoms with Crippen LogP contribution >= 0.6 is 0 Å². The van der Waals surface area contributed by atoms with Gasteiger partial charge < -0.3 is 20.1 Å². The van der Waals surface area contributed by atoms with Crippen molar-refractivity contribution in [2.45, 2.75) is 0 Å². The third-order valence-electron chi connectivity index (χ3n) is 1.80. The van der Waals surface area contributed by atoms with E-state index in [9.17, 15) is 4.79 Å². The van der Waals surface area contributed by atoms with Crippen LogP contribution in [0, 0.1) is 0 Å². The number of nitrogens with one attached hydrogen (secondary N) is 1. The lowest BCUT2D eigenvalue weighted by molar-refractivity contribution is 0.0956. The molecule has 0 saturated carbocycles. The largest absolute Gasteiger partial charge is 0.497 e. The van der Waals surface area contributed by atoms with Crippen LogP contribution < -0.4 is 10.1 Å². The maximum Gasteiger partial charge on any atom is 0.472 e. The van der Waals surface area contributed by atoms with Crippen LogP contribution in [0.2, 0.25) is 0 Å². The minimum absolute atomic E-state index is 0.190. The molecule has 0 fully saturated rings. The predicted molar refractivity (Wildman–Crippen MR) is 55.5 cm³/mol. The van der Waals surface area contributed by atoms with Crippen LogP contribution in [-0.4, -0.2) is 36.6 Å². The summed E-state index contributed by atoms with van der Waals surface area (Å²) in [5, 5.41) is 19.5. The van der Waals surface area contributed by atoms with Gasteiger partial charge in [-0.2, -0.15) is 0 Å². The van der Waals surface area contributed by atoms with Crippen LogP contribution in [0.3, 0.4) is 0 Å². The number of rotatable bonds is 4. The Bertz CT molecular complexity index is 325. The van der Waals surface area contributed by atoms with E-state index in [4.69, 9.17) is 14.8 Å². The highest BCUT2D eigenvalue weighted by atomic mass is 16.5. The molecule has 1 aromatic rings. The van der Waals surface area contributed by atoms with Gasteiger partial charge in [0.15, 0.2) is 0 Å². The van der Waals surface area contributed by atoms with Gasteiger partial charge in [-0.1, -0.05) is 0 Å². The van der Waals surface area contributed by atoms with Crippen molar-refractivity contribution in [3.05, 3.63) is 29.8 Å². The Morgan fingerprint density at radius 3 is 2.47 bits per heavy atom. The topological polar surface area (TPSA) is 78.8 Å². The third kappa shape index (κ3) is 3.61. The van der Waals surface area contributed by atoms with Crippen molar-refractivity contribution in [3.63, 3.8) is 0 Å². The summed E-state index contributed by atoms with van der Waals surface area (Å²) in [6.07, 6.45) is -0.190. The highest BCUT2D eigenvalue weighted by molar-refractivity contribution is 6.41. The minimum Gasteiger partial charge on any atom is -0.497 e. The van der Waals surface area contributed by atoms with Gasteiger partial charge in [0.25, 0.3) is 5.91 Å².